The van der Waals surface area contributed by atoms with Crippen molar-refractivity contribution >= 4 is 16.7 Å². The van der Waals surface area contributed by atoms with Crippen LogP contribution >= 0.6 is 0 Å². The van der Waals surface area contributed by atoms with Crippen molar-refractivity contribution in [2.45, 2.75) is 32.0 Å². The van der Waals surface area contributed by atoms with Crippen molar-refractivity contribution in [1.29, 1.82) is 0 Å². The molecule has 108 valence electrons. The summed E-state index contributed by atoms with van der Waals surface area (Å²) < 4.78 is 11.5. The Hall–Kier alpha value is -1.20. The predicted octanol–water partition coefficient (Wildman–Crippen LogP) is 1.34. The number of nitrogens with zero attached hydrogens (tertiary/aromatic N) is 1. The van der Waals surface area contributed by atoms with Crippen molar-refractivity contribution in [3.63, 3.8) is 0 Å². The van der Waals surface area contributed by atoms with Crippen LogP contribution in [0.3, 0.4) is 0 Å². The fourth-order valence-corrected chi connectivity index (χ4v) is 4.38. The molecule has 2 saturated heterocycles. The largest absolute Gasteiger partial charge is 0.319 e. The standard InChI is InChI=1S/C15H20N2O2S/c1-11-3-2-4-12(9-11)15-16-10-14(18)17(15)13-5-7-20(19)8-6-13/h2-4,9,13,15-16H,5-8,10H2,1H3. The number of carbonyl (C=O) groups is 1. The van der Waals surface area contributed by atoms with E-state index in [-0.39, 0.29) is 18.1 Å². The lowest BCUT2D eigenvalue weighted by molar-refractivity contribution is -0.130. The van der Waals surface area contributed by atoms with Gasteiger partial charge in [0.15, 0.2) is 0 Å². The lowest BCUT2D eigenvalue weighted by Crippen LogP contribution is -2.43. The number of benzene rings is 1. The van der Waals surface area contributed by atoms with E-state index < -0.39 is 10.8 Å². The van der Waals surface area contributed by atoms with Crippen LogP contribution in [0, 0.1) is 6.92 Å². The van der Waals surface area contributed by atoms with E-state index in [1.807, 2.05) is 11.0 Å². The molecule has 0 spiro atoms. The van der Waals surface area contributed by atoms with Crippen molar-refractivity contribution < 1.29 is 9.00 Å². The molecule has 2 aliphatic rings. The summed E-state index contributed by atoms with van der Waals surface area (Å²) >= 11 is 0. The Morgan fingerprint density at radius 3 is 2.75 bits per heavy atom. The zero-order valence-corrected chi connectivity index (χ0v) is 12.5. The molecule has 1 aromatic rings. The van der Waals surface area contributed by atoms with Crippen molar-refractivity contribution in [2.75, 3.05) is 18.1 Å². The summed E-state index contributed by atoms with van der Waals surface area (Å²) in [6, 6.07) is 8.51. The van der Waals surface area contributed by atoms with Gasteiger partial charge in [-0.3, -0.25) is 14.3 Å². The lowest BCUT2D eigenvalue weighted by Gasteiger charge is -2.35. The van der Waals surface area contributed by atoms with Crippen LogP contribution in [0.25, 0.3) is 0 Å². The van der Waals surface area contributed by atoms with Gasteiger partial charge in [0.1, 0.15) is 6.17 Å². The number of aryl methyl sites for hydroxylation is 1. The molecule has 1 aromatic carbocycles. The molecule has 0 bridgehead atoms. The minimum atomic E-state index is -0.690. The van der Waals surface area contributed by atoms with Crippen LogP contribution in [-0.4, -0.2) is 39.1 Å². The van der Waals surface area contributed by atoms with Gasteiger partial charge in [-0.05, 0) is 25.3 Å². The maximum atomic E-state index is 12.2. The molecule has 0 radical (unpaired) electrons. The average Bonchev–Trinajstić information content (AvgIpc) is 2.82. The molecule has 2 heterocycles. The molecule has 0 aromatic heterocycles. The first-order chi connectivity index (χ1) is 9.65. The zero-order chi connectivity index (χ0) is 14.1. The monoisotopic (exact) mass is 292 g/mol. The van der Waals surface area contributed by atoms with E-state index in [9.17, 15) is 9.00 Å². The first kappa shape index (κ1) is 13.8. The molecule has 1 unspecified atom stereocenters. The minimum absolute atomic E-state index is 0.0288. The molecule has 0 saturated carbocycles. The van der Waals surface area contributed by atoms with E-state index in [0.717, 1.165) is 29.9 Å². The van der Waals surface area contributed by atoms with Gasteiger partial charge in [0, 0.05) is 28.3 Å². The number of nitrogens with one attached hydrogen (secondary N) is 1. The Morgan fingerprint density at radius 1 is 1.30 bits per heavy atom. The summed E-state index contributed by atoms with van der Waals surface area (Å²) in [5, 5.41) is 3.31. The van der Waals surface area contributed by atoms with Crippen LogP contribution in [0.5, 0.6) is 0 Å². The van der Waals surface area contributed by atoms with Crippen LogP contribution in [0.1, 0.15) is 30.1 Å². The second-order valence-electron chi connectivity index (χ2n) is 5.58. The summed E-state index contributed by atoms with van der Waals surface area (Å²) in [7, 11) is -0.690. The molecule has 5 heteroatoms. The number of amides is 1. The number of hydrogen-bond donors (Lipinski definition) is 1. The smallest absolute Gasteiger partial charge is 0.238 e. The van der Waals surface area contributed by atoms with Crippen molar-refractivity contribution in [2.24, 2.45) is 0 Å². The van der Waals surface area contributed by atoms with Gasteiger partial charge >= 0.3 is 0 Å². The molecule has 0 aliphatic carbocycles. The second-order valence-corrected chi connectivity index (χ2v) is 7.27. The molecular weight excluding hydrogens is 272 g/mol. The van der Waals surface area contributed by atoms with Gasteiger partial charge in [0.2, 0.25) is 5.91 Å². The number of hydrogen-bond acceptors (Lipinski definition) is 3. The Morgan fingerprint density at radius 2 is 2.05 bits per heavy atom. The van der Waals surface area contributed by atoms with Crippen LogP contribution in [0.15, 0.2) is 24.3 Å². The zero-order valence-electron chi connectivity index (χ0n) is 11.7. The van der Waals surface area contributed by atoms with E-state index in [1.165, 1.54) is 5.56 Å². The first-order valence-corrected chi connectivity index (χ1v) is 8.60. The summed E-state index contributed by atoms with van der Waals surface area (Å²) in [6.45, 7) is 2.46. The molecule has 1 N–H and O–H groups in total. The molecule has 20 heavy (non-hydrogen) atoms. The third-order valence-corrected chi connectivity index (χ3v) is 5.50. The van der Waals surface area contributed by atoms with Crippen LogP contribution < -0.4 is 5.32 Å². The van der Waals surface area contributed by atoms with Crippen molar-refractivity contribution in [3.8, 4) is 0 Å². The number of rotatable bonds is 2. The molecule has 2 fully saturated rings. The van der Waals surface area contributed by atoms with Gasteiger partial charge in [0.05, 0.1) is 6.54 Å². The maximum absolute atomic E-state index is 12.2. The van der Waals surface area contributed by atoms with Gasteiger partial charge in [0.25, 0.3) is 0 Å². The summed E-state index contributed by atoms with van der Waals surface area (Å²) in [4.78, 5) is 14.2. The topological polar surface area (TPSA) is 49.4 Å². The molecule has 4 nitrogen and oxygen atoms in total. The van der Waals surface area contributed by atoms with Crippen LogP contribution in [0.4, 0.5) is 0 Å². The molecule has 1 atom stereocenters. The van der Waals surface area contributed by atoms with Gasteiger partial charge in [-0.25, -0.2) is 0 Å². The summed E-state index contributed by atoms with van der Waals surface area (Å²) in [5.74, 6) is 1.60. The van der Waals surface area contributed by atoms with Gasteiger partial charge in [-0.15, -0.1) is 0 Å². The van der Waals surface area contributed by atoms with Crippen molar-refractivity contribution in [3.05, 3.63) is 35.4 Å². The second kappa shape index (κ2) is 5.66. The van der Waals surface area contributed by atoms with Crippen LogP contribution in [0.2, 0.25) is 0 Å². The highest BCUT2D eigenvalue weighted by Gasteiger charge is 2.37. The van der Waals surface area contributed by atoms with Gasteiger partial charge in [-0.1, -0.05) is 29.8 Å². The van der Waals surface area contributed by atoms with E-state index >= 15 is 0 Å². The van der Waals surface area contributed by atoms with Gasteiger partial charge in [-0.2, -0.15) is 0 Å². The first-order valence-electron chi connectivity index (χ1n) is 7.11. The fourth-order valence-electron chi connectivity index (χ4n) is 3.11. The number of carbonyl (C=O) groups excluding carboxylic acids is 1. The van der Waals surface area contributed by atoms with E-state index in [2.05, 4.69) is 30.4 Å². The average molecular weight is 292 g/mol. The normalized spacial score (nSPS) is 30.8. The Kier molecular flexibility index (Phi) is 3.89. The summed E-state index contributed by atoms with van der Waals surface area (Å²) in [6.07, 6.45) is 1.67. The highest BCUT2D eigenvalue weighted by molar-refractivity contribution is 7.85. The minimum Gasteiger partial charge on any atom is -0.319 e. The van der Waals surface area contributed by atoms with E-state index in [1.54, 1.807) is 0 Å². The summed E-state index contributed by atoms with van der Waals surface area (Å²) in [5.41, 5.74) is 2.34. The maximum Gasteiger partial charge on any atom is 0.238 e. The third-order valence-electron chi connectivity index (χ3n) is 4.12. The predicted molar refractivity (Wildman–Crippen MR) is 79.7 cm³/mol. The van der Waals surface area contributed by atoms with Crippen molar-refractivity contribution in [1.82, 2.24) is 10.2 Å². The highest BCUT2D eigenvalue weighted by atomic mass is 32.2. The molecule has 3 rings (SSSR count). The third kappa shape index (κ3) is 2.65. The SMILES string of the molecule is Cc1cccc(C2NCC(=O)N2C2CCS(=O)CC2)c1. The van der Waals surface area contributed by atoms with Gasteiger partial charge < -0.3 is 4.90 Å². The molecule has 2 aliphatic heterocycles. The Bertz CT molecular complexity index is 536. The Balaban J connectivity index is 1.83. The molecular formula is C15H20N2O2S. The lowest BCUT2D eigenvalue weighted by atomic mass is 10.1. The Labute approximate surface area is 122 Å². The van der Waals surface area contributed by atoms with E-state index in [0.29, 0.717) is 6.54 Å². The quantitative estimate of drug-likeness (QED) is 0.895. The fraction of sp³-hybridized carbons (Fsp3) is 0.533. The highest BCUT2D eigenvalue weighted by Crippen LogP contribution is 2.29. The van der Waals surface area contributed by atoms with E-state index in [4.69, 9.17) is 0 Å². The van der Waals surface area contributed by atoms with Crippen LogP contribution in [-0.2, 0) is 15.6 Å². The molecule has 1 amide bonds.